The van der Waals surface area contributed by atoms with Crippen LogP contribution in [0.1, 0.15) is 37.7 Å². The number of carbonyl (C=O) groups excluding carboxylic acids is 1. The van der Waals surface area contributed by atoms with Gasteiger partial charge in [-0.05, 0) is 49.1 Å². The maximum atomic E-state index is 12.0. The van der Waals surface area contributed by atoms with E-state index in [-0.39, 0.29) is 5.88 Å². The lowest BCUT2D eigenvalue weighted by Crippen LogP contribution is -2.43. The standard InChI is InChI=1S/C23H27ClN4O7/c24-18-5-3-16(4-6-18)17-7-11-27(12-8-17)9-1-2-10-28-15-19(25-26-28)35-21(31)14-23(34,22(32)33)13-20(29)30/h3-7,15,34H,1-2,8-14H2,(H,29,30)(H,32,33). The molecule has 0 radical (unpaired) electrons. The number of carboxylic acid groups (broad SMARTS) is 2. The first kappa shape index (κ1) is 26.3. The SMILES string of the molecule is O=C(O)CC(O)(CC(=O)Oc1cn(CCCCN2CC=C(c3ccc(Cl)cc3)CC2)nn1)C(=O)O. The van der Waals surface area contributed by atoms with E-state index in [9.17, 15) is 19.5 Å². The van der Waals surface area contributed by atoms with E-state index >= 15 is 0 Å². The summed E-state index contributed by atoms with van der Waals surface area (Å²) >= 11 is 5.95. The minimum atomic E-state index is -2.77. The summed E-state index contributed by atoms with van der Waals surface area (Å²) in [5.74, 6) is -4.67. The van der Waals surface area contributed by atoms with Crippen LogP contribution in [0.5, 0.6) is 5.88 Å². The Bertz CT molecular complexity index is 1090. The Labute approximate surface area is 206 Å². The molecule has 1 unspecified atom stereocenters. The largest absolute Gasteiger partial charge is 0.481 e. The van der Waals surface area contributed by atoms with Gasteiger partial charge >= 0.3 is 17.9 Å². The van der Waals surface area contributed by atoms with Gasteiger partial charge in [0.2, 0.25) is 0 Å². The molecule has 0 saturated heterocycles. The number of nitrogens with zero attached hydrogens (tertiary/aromatic N) is 4. The van der Waals surface area contributed by atoms with Gasteiger partial charge in [0.05, 0.1) is 19.0 Å². The zero-order valence-electron chi connectivity index (χ0n) is 19.0. The second-order valence-corrected chi connectivity index (χ2v) is 8.81. The molecule has 0 aliphatic carbocycles. The summed E-state index contributed by atoms with van der Waals surface area (Å²) < 4.78 is 6.40. The Morgan fingerprint density at radius 1 is 1.09 bits per heavy atom. The lowest BCUT2D eigenvalue weighted by atomic mass is 9.96. The van der Waals surface area contributed by atoms with E-state index in [4.69, 9.17) is 26.6 Å². The van der Waals surface area contributed by atoms with Gasteiger partial charge in [-0.25, -0.2) is 9.48 Å². The molecule has 2 aromatic rings. The Morgan fingerprint density at radius 3 is 2.43 bits per heavy atom. The molecule has 3 N–H and O–H groups in total. The number of rotatable bonds is 12. The van der Waals surface area contributed by atoms with Crippen molar-refractivity contribution in [3.63, 3.8) is 0 Å². The predicted molar refractivity (Wildman–Crippen MR) is 125 cm³/mol. The normalized spacial score (nSPS) is 15.8. The van der Waals surface area contributed by atoms with Gasteiger partial charge in [-0.1, -0.05) is 40.1 Å². The second kappa shape index (κ2) is 11.9. The van der Waals surface area contributed by atoms with Crippen molar-refractivity contribution in [1.82, 2.24) is 19.9 Å². The lowest BCUT2D eigenvalue weighted by molar-refractivity contribution is -0.169. The molecule has 188 valence electrons. The number of aromatic nitrogens is 3. The van der Waals surface area contributed by atoms with Crippen LogP contribution < -0.4 is 4.74 Å². The van der Waals surface area contributed by atoms with Crippen LogP contribution in [-0.4, -0.2) is 78.4 Å². The third-order valence-electron chi connectivity index (χ3n) is 5.63. The van der Waals surface area contributed by atoms with E-state index < -0.39 is 36.4 Å². The Morgan fingerprint density at radius 2 is 1.80 bits per heavy atom. The summed E-state index contributed by atoms with van der Waals surface area (Å²) in [4.78, 5) is 36.2. The lowest BCUT2D eigenvalue weighted by Gasteiger charge is -2.26. The van der Waals surface area contributed by atoms with Gasteiger partial charge in [0.15, 0.2) is 5.60 Å². The summed E-state index contributed by atoms with van der Waals surface area (Å²) in [5, 5.41) is 36.0. The highest BCUT2D eigenvalue weighted by molar-refractivity contribution is 6.30. The van der Waals surface area contributed by atoms with Crippen LogP contribution in [0.3, 0.4) is 0 Å². The number of unbranched alkanes of at least 4 members (excludes halogenated alkanes) is 1. The molecule has 1 aromatic carbocycles. The van der Waals surface area contributed by atoms with Crippen molar-refractivity contribution in [2.24, 2.45) is 0 Å². The minimum absolute atomic E-state index is 0.158. The van der Waals surface area contributed by atoms with Crippen molar-refractivity contribution in [3.05, 3.63) is 47.1 Å². The van der Waals surface area contributed by atoms with Crippen LogP contribution >= 0.6 is 11.6 Å². The van der Waals surface area contributed by atoms with Crippen molar-refractivity contribution in [2.45, 2.75) is 44.2 Å². The molecule has 1 atom stereocenters. The number of carboxylic acids is 2. The van der Waals surface area contributed by atoms with Crippen molar-refractivity contribution in [1.29, 1.82) is 0 Å². The van der Waals surface area contributed by atoms with Gasteiger partial charge in [-0.2, -0.15) is 0 Å². The van der Waals surface area contributed by atoms with Crippen LogP contribution in [0.4, 0.5) is 0 Å². The number of hydrogen-bond acceptors (Lipinski definition) is 8. The van der Waals surface area contributed by atoms with E-state index in [2.05, 4.69) is 21.3 Å². The van der Waals surface area contributed by atoms with Gasteiger partial charge in [0, 0.05) is 24.7 Å². The zero-order chi connectivity index (χ0) is 25.4. The monoisotopic (exact) mass is 506 g/mol. The molecule has 12 heteroatoms. The molecule has 0 bridgehead atoms. The van der Waals surface area contributed by atoms with Crippen LogP contribution in [0.25, 0.3) is 5.57 Å². The highest BCUT2D eigenvalue weighted by Gasteiger charge is 2.41. The number of ether oxygens (including phenoxy) is 1. The van der Waals surface area contributed by atoms with Gasteiger partial charge in [-0.3, -0.25) is 14.5 Å². The van der Waals surface area contributed by atoms with E-state index in [1.807, 2.05) is 24.3 Å². The molecule has 0 saturated carbocycles. The van der Waals surface area contributed by atoms with E-state index in [0.29, 0.717) is 6.54 Å². The first-order valence-electron chi connectivity index (χ1n) is 11.1. The summed E-state index contributed by atoms with van der Waals surface area (Å²) in [6.45, 7) is 3.33. The molecular formula is C23H27ClN4O7. The summed E-state index contributed by atoms with van der Waals surface area (Å²) in [7, 11) is 0. The first-order chi connectivity index (χ1) is 16.6. The first-order valence-corrected chi connectivity index (χ1v) is 11.5. The summed E-state index contributed by atoms with van der Waals surface area (Å²) in [6, 6.07) is 7.87. The number of esters is 1. The fourth-order valence-electron chi connectivity index (χ4n) is 3.74. The number of benzene rings is 1. The summed E-state index contributed by atoms with van der Waals surface area (Å²) in [6.07, 6.45) is 4.18. The number of carbonyl (C=O) groups is 3. The second-order valence-electron chi connectivity index (χ2n) is 8.37. The van der Waals surface area contributed by atoms with Gasteiger partial charge in [-0.15, -0.1) is 0 Å². The molecule has 0 spiro atoms. The zero-order valence-corrected chi connectivity index (χ0v) is 19.7. The fourth-order valence-corrected chi connectivity index (χ4v) is 3.87. The highest BCUT2D eigenvalue weighted by Crippen LogP contribution is 2.24. The maximum Gasteiger partial charge on any atom is 0.336 e. The number of aliphatic hydroxyl groups is 1. The van der Waals surface area contributed by atoms with Gasteiger partial charge in [0.1, 0.15) is 0 Å². The van der Waals surface area contributed by atoms with Crippen LogP contribution in [-0.2, 0) is 20.9 Å². The minimum Gasteiger partial charge on any atom is -0.481 e. The van der Waals surface area contributed by atoms with E-state index in [1.54, 1.807) is 0 Å². The molecule has 0 amide bonds. The third-order valence-corrected chi connectivity index (χ3v) is 5.89. The third kappa shape index (κ3) is 7.88. The fraction of sp³-hybridized carbons (Fsp3) is 0.435. The number of halogens is 1. The van der Waals surface area contributed by atoms with E-state index in [1.165, 1.54) is 22.0 Å². The molecule has 11 nitrogen and oxygen atoms in total. The van der Waals surface area contributed by atoms with Crippen LogP contribution in [0.2, 0.25) is 5.02 Å². The number of hydrogen-bond donors (Lipinski definition) is 3. The number of aliphatic carboxylic acids is 2. The molecule has 1 aliphatic heterocycles. The quantitative estimate of drug-likeness (QED) is 0.288. The molecular weight excluding hydrogens is 480 g/mol. The summed E-state index contributed by atoms with van der Waals surface area (Å²) in [5.41, 5.74) is -0.239. The number of aryl methyl sites for hydroxylation is 1. The smallest absolute Gasteiger partial charge is 0.336 e. The maximum absolute atomic E-state index is 12.0. The Hall–Kier alpha value is -3.28. The van der Waals surface area contributed by atoms with Crippen molar-refractivity contribution in [2.75, 3.05) is 19.6 Å². The Kier molecular flexibility index (Phi) is 8.96. The van der Waals surface area contributed by atoms with Crippen LogP contribution in [0.15, 0.2) is 36.5 Å². The molecule has 2 heterocycles. The van der Waals surface area contributed by atoms with Crippen LogP contribution in [0, 0.1) is 0 Å². The van der Waals surface area contributed by atoms with Gasteiger partial charge in [0.25, 0.3) is 5.88 Å². The molecule has 1 aromatic heterocycles. The molecule has 3 rings (SSSR count). The van der Waals surface area contributed by atoms with Crippen molar-refractivity contribution >= 4 is 35.1 Å². The predicted octanol–water partition coefficient (Wildman–Crippen LogP) is 2.09. The average Bonchev–Trinajstić information content (AvgIpc) is 3.24. The van der Waals surface area contributed by atoms with Gasteiger partial charge < -0.3 is 20.1 Å². The molecule has 35 heavy (non-hydrogen) atoms. The highest BCUT2D eigenvalue weighted by atomic mass is 35.5. The average molecular weight is 507 g/mol. The van der Waals surface area contributed by atoms with E-state index in [0.717, 1.165) is 43.9 Å². The van der Waals surface area contributed by atoms with Crippen molar-refractivity contribution in [3.8, 4) is 5.88 Å². The molecule has 0 fully saturated rings. The van der Waals surface area contributed by atoms with Crippen molar-refractivity contribution < 1.29 is 34.4 Å². The molecule has 1 aliphatic rings. The topological polar surface area (TPSA) is 155 Å². The Balaban J connectivity index is 1.38.